The molecule has 31 heavy (non-hydrogen) atoms. The summed E-state index contributed by atoms with van der Waals surface area (Å²) >= 11 is 6.27. The van der Waals surface area contributed by atoms with Gasteiger partial charge in [-0.15, -0.1) is 0 Å². The molecule has 1 aromatic carbocycles. The highest BCUT2D eigenvalue weighted by molar-refractivity contribution is 6.28. The van der Waals surface area contributed by atoms with Gasteiger partial charge in [-0.25, -0.2) is 9.97 Å². The number of hydrogen-bond donors (Lipinski definition) is 2. The number of piperazine rings is 1. The summed E-state index contributed by atoms with van der Waals surface area (Å²) < 4.78 is 0. The van der Waals surface area contributed by atoms with Crippen molar-refractivity contribution >= 4 is 34.9 Å². The van der Waals surface area contributed by atoms with Crippen molar-refractivity contribution in [3.8, 4) is 0 Å². The predicted octanol–water partition coefficient (Wildman–Crippen LogP) is 3.76. The number of nitrogens with one attached hydrogen (secondary N) is 1. The normalized spacial score (nSPS) is 27.9. The molecule has 164 valence electrons. The quantitative estimate of drug-likeness (QED) is 0.683. The number of aliphatic carboxylic acids is 1. The molecule has 0 unspecified atom stereocenters. The first-order valence-electron chi connectivity index (χ1n) is 11.2. The fourth-order valence-corrected chi connectivity index (χ4v) is 5.84. The molecule has 4 aliphatic rings. The van der Waals surface area contributed by atoms with E-state index in [1.165, 1.54) is 5.69 Å². The van der Waals surface area contributed by atoms with E-state index in [4.69, 9.17) is 11.6 Å². The Morgan fingerprint density at radius 1 is 0.968 bits per heavy atom. The van der Waals surface area contributed by atoms with E-state index in [9.17, 15) is 9.90 Å². The molecule has 0 spiro atoms. The summed E-state index contributed by atoms with van der Waals surface area (Å²) in [7, 11) is 0. The van der Waals surface area contributed by atoms with Crippen LogP contribution in [-0.2, 0) is 4.79 Å². The molecule has 1 saturated heterocycles. The summed E-state index contributed by atoms with van der Waals surface area (Å²) in [6.07, 6.45) is 4.20. The molecule has 0 radical (unpaired) electrons. The highest BCUT2D eigenvalue weighted by Gasteiger charge is 2.47. The van der Waals surface area contributed by atoms with Crippen LogP contribution in [0.5, 0.6) is 0 Å². The molecule has 3 aliphatic carbocycles. The molecule has 2 N–H and O–H groups in total. The first-order valence-corrected chi connectivity index (χ1v) is 11.5. The third-order valence-electron chi connectivity index (χ3n) is 7.23. The lowest BCUT2D eigenvalue weighted by Crippen LogP contribution is -2.51. The number of carboxylic acids is 1. The number of halogens is 1. The second-order valence-electron chi connectivity index (χ2n) is 8.90. The summed E-state index contributed by atoms with van der Waals surface area (Å²) in [4.78, 5) is 25.4. The number of hydrogen-bond acceptors (Lipinski definition) is 6. The van der Waals surface area contributed by atoms with Crippen LogP contribution < -0.4 is 15.1 Å². The molecule has 6 rings (SSSR count). The first-order chi connectivity index (χ1) is 15.1. The molecule has 2 atom stereocenters. The Labute approximate surface area is 187 Å². The number of rotatable bonds is 5. The average Bonchev–Trinajstić information content (AvgIpc) is 2.80. The Balaban J connectivity index is 1.30. The van der Waals surface area contributed by atoms with Crippen LogP contribution in [0, 0.1) is 17.8 Å². The van der Waals surface area contributed by atoms with Gasteiger partial charge in [0.15, 0.2) is 0 Å². The van der Waals surface area contributed by atoms with Gasteiger partial charge in [-0.05, 0) is 61.3 Å². The Morgan fingerprint density at radius 3 is 2.29 bits per heavy atom. The van der Waals surface area contributed by atoms with Crippen molar-refractivity contribution in [2.24, 2.45) is 17.8 Å². The van der Waals surface area contributed by atoms with Crippen molar-refractivity contribution in [1.29, 1.82) is 0 Å². The number of carboxylic acid groups (broad SMARTS) is 1. The van der Waals surface area contributed by atoms with Crippen molar-refractivity contribution in [3.05, 3.63) is 41.7 Å². The Hall–Kier alpha value is -2.54. The number of fused-ring (bicyclic) bond motifs is 3. The van der Waals surface area contributed by atoms with E-state index in [1.807, 2.05) is 12.1 Å². The van der Waals surface area contributed by atoms with Crippen LogP contribution in [0.4, 0.5) is 17.3 Å². The zero-order chi connectivity index (χ0) is 21.4. The van der Waals surface area contributed by atoms with E-state index in [0.29, 0.717) is 11.7 Å². The van der Waals surface area contributed by atoms with Gasteiger partial charge in [0.2, 0.25) is 5.28 Å². The van der Waals surface area contributed by atoms with Gasteiger partial charge in [-0.3, -0.25) is 4.79 Å². The largest absolute Gasteiger partial charge is 0.481 e. The predicted molar refractivity (Wildman–Crippen MR) is 122 cm³/mol. The summed E-state index contributed by atoms with van der Waals surface area (Å²) in [6.45, 7) is 3.49. The zero-order valence-corrected chi connectivity index (χ0v) is 18.2. The minimum atomic E-state index is -0.704. The molecule has 8 heteroatoms. The summed E-state index contributed by atoms with van der Waals surface area (Å²) in [6, 6.07) is 12.2. The molecule has 1 aliphatic heterocycles. The summed E-state index contributed by atoms with van der Waals surface area (Å²) in [5.41, 5.74) is 1.23. The van der Waals surface area contributed by atoms with Crippen molar-refractivity contribution < 1.29 is 9.90 Å². The number of benzene rings is 1. The fourth-order valence-electron chi connectivity index (χ4n) is 5.66. The van der Waals surface area contributed by atoms with Gasteiger partial charge in [0.25, 0.3) is 0 Å². The van der Waals surface area contributed by atoms with Gasteiger partial charge < -0.3 is 20.2 Å². The van der Waals surface area contributed by atoms with Crippen LogP contribution in [0.2, 0.25) is 5.28 Å². The number of carbonyl (C=O) groups is 1. The van der Waals surface area contributed by atoms with Crippen molar-refractivity contribution in [2.45, 2.75) is 31.7 Å². The number of anilines is 3. The van der Waals surface area contributed by atoms with Crippen LogP contribution in [0.3, 0.4) is 0 Å². The SMILES string of the molecule is O=C(O)[C@@H]1C2CCC(CC2)[C@H]1Nc1cc(N2CCN(c3ccccc3)CC2)nc(Cl)n1. The lowest BCUT2D eigenvalue weighted by molar-refractivity contribution is -0.148. The van der Waals surface area contributed by atoms with Crippen LogP contribution in [0.1, 0.15) is 25.7 Å². The topological polar surface area (TPSA) is 81.6 Å². The van der Waals surface area contributed by atoms with Crippen LogP contribution >= 0.6 is 11.6 Å². The van der Waals surface area contributed by atoms with Crippen LogP contribution in [0.25, 0.3) is 0 Å². The molecule has 2 bridgehead atoms. The van der Waals surface area contributed by atoms with E-state index in [2.05, 4.69) is 49.4 Å². The third kappa shape index (κ3) is 4.15. The Kier molecular flexibility index (Phi) is 5.61. The lowest BCUT2D eigenvalue weighted by atomic mass is 9.61. The van der Waals surface area contributed by atoms with Gasteiger partial charge in [0.05, 0.1) is 5.92 Å². The smallest absolute Gasteiger partial charge is 0.308 e. The molecule has 7 nitrogen and oxygen atoms in total. The summed E-state index contributed by atoms with van der Waals surface area (Å²) in [5, 5.41) is 13.5. The van der Waals surface area contributed by atoms with Crippen LogP contribution in [-0.4, -0.2) is 53.3 Å². The maximum Gasteiger partial charge on any atom is 0.308 e. The Bertz CT molecular complexity index is 927. The van der Waals surface area contributed by atoms with Gasteiger partial charge in [0.1, 0.15) is 11.6 Å². The molecule has 0 amide bonds. The maximum absolute atomic E-state index is 12.0. The number of nitrogens with zero attached hydrogens (tertiary/aromatic N) is 4. The minimum Gasteiger partial charge on any atom is -0.481 e. The van der Waals surface area contributed by atoms with E-state index in [-0.39, 0.29) is 23.2 Å². The zero-order valence-electron chi connectivity index (χ0n) is 17.5. The van der Waals surface area contributed by atoms with Crippen molar-refractivity contribution in [2.75, 3.05) is 41.3 Å². The third-order valence-corrected chi connectivity index (χ3v) is 7.40. The first kappa shape index (κ1) is 20.4. The second kappa shape index (κ2) is 8.54. The minimum absolute atomic E-state index is 0.0984. The average molecular weight is 442 g/mol. The van der Waals surface area contributed by atoms with E-state index >= 15 is 0 Å². The molecule has 2 heterocycles. The standard InChI is InChI=1S/C23H28ClN5O2/c24-23-26-18(25-21-16-8-6-15(7-9-16)20(21)22(30)31)14-19(27-23)29-12-10-28(11-13-29)17-4-2-1-3-5-17/h1-5,14-16,20-21H,6-13H2,(H,30,31)(H,25,26,27)/t15?,16?,20-,21-/m1/s1. The molecular formula is C23H28ClN5O2. The van der Waals surface area contributed by atoms with Crippen LogP contribution in [0.15, 0.2) is 36.4 Å². The number of aromatic nitrogens is 2. The Morgan fingerprint density at radius 2 is 1.61 bits per heavy atom. The maximum atomic E-state index is 12.0. The van der Waals surface area contributed by atoms with Gasteiger partial charge in [-0.2, -0.15) is 0 Å². The van der Waals surface area contributed by atoms with Crippen molar-refractivity contribution in [3.63, 3.8) is 0 Å². The highest BCUT2D eigenvalue weighted by atomic mass is 35.5. The molecule has 1 aromatic heterocycles. The molecule has 3 saturated carbocycles. The lowest BCUT2D eigenvalue weighted by Gasteiger charge is -2.47. The number of para-hydroxylation sites is 1. The highest BCUT2D eigenvalue weighted by Crippen LogP contribution is 2.46. The second-order valence-corrected chi connectivity index (χ2v) is 9.24. The summed E-state index contributed by atoms with van der Waals surface area (Å²) in [5.74, 6) is 0.983. The monoisotopic (exact) mass is 441 g/mol. The fraction of sp³-hybridized carbons (Fsp3) is 0.522. The van der Waals surface area contributed by atoms with Crippen molar-refractivity contribution in [1.82, 2.24) is 9.97 Å². The molecule has 2 aromatic rings. The van der Waals surface area contributed by atoms with Gasteiger partial charge in [0, 0.05) is 44.0 Å². The van der Waals surface area contributed by atoms with E-state index in [0.717, 1.165) is 57.7 Å². The molecule has 4 fully saturated rings. The van der Waals surface area contributed by atoms with Gasteiger partial charge in [-0.1, -0.05) is 18.2 Å². The molecular weight excluding hydrogens is 414 g/mol. The van der Waals surface area contributed by atoms with E-state index in [1.54, 1.807) is 0 Å². The van der Waals surface area contributed by atoms with Gasteiger partial charge >= 0.3 is 5.97 Å². The van der Waals surface area contributed by atoms with E-state index < -0.39 is 5.97 Å².